The van der Waals surface area contributed by atoms with Gasteiger partial charge in [-0.1, -0.05) is 19.1 Å². The molecule has 1 fully saturated rings. The molecule has 1 saturated heterocycles. The minimum absolute atomic E-state index is 0.582. The largest absolute Gasteiger partial charge is 0.496 e. The van der Waals surface area contributed by atoms with Crippen molar-refractivity contribution in [2.75, 3.05) is 44.6 Å². The van der Waals surface area contributed by atoms with E-state index in [9.17, 15) is 0 Å². The summed E-state index contributed by atoms with van der Waals surface area (Å²) in [6.45, 7) is 10.3. The Morgan fingerprint density at radius 3 is 2.81 bits per heavy atom. The highest BCUT2D eigenvalue weighted by molar-refractivity contribution is 7.98. The van der Waals surface area contributed by atoms with Crippen LogP contribution in [-0.2, 0) is 4.74 Å². The first kappa shape index (κ1) is 22.0. The zero-order chi connectivity index (χ0) is 22.0. The maximum atomic E-state index is 5.78. The molecule has 0 radical (unpaired) electrons. The summed E-state index contributed by atoms with van der Waals surface area (Å²) < 4.78 is 13.5. The van der Waals surface area contributed by atoms with Crippen molar-refractivity contribution in [1.82, 2.24) is 9.61 Å². The number of methoxy groups -OCH3 is 1. The van der Waals surface area contributed by atoms with Gasteiger partial charge in [0.05, 0.1) is 30.6 Å². The summed E-state index contributed by atoms with van der Waals surface area (Å²) in [4.78, 5) is 2.52. The van der Waals surface area contributed by atoms with E-state index in [4.69, 9.17) is 14.6 Å². The number of rotatable bonds is 8. The summed E-state index contributed by atoms with van der Waals surface area (Å²) in [5.74, 6) is 1.47. The molecule has 1 atom stereocenters. The van der Waals surface area contributed by atoms with Crippen LogP contribution >= 0.6 is 11.8 Å². The van der Waals surface area contributed by atoms with Gasteiger partial charge in [-0.3, -0.25) is 0 Å². The van der Waals surface area contributed by atoms with Crippen molar-refractivity contribution in [3.05, 3.63) is 41.5 Å². The number of anilines is 1. The maximum Gasteiger partial charge on any atom is 0.142 e. The zero-order valence-corrected chi connectivity index (χ0v) is 20.1. The van der Waals surface area contributed by atoms with Crippen LogP contribution in [0.5, 0.6) is 5.75 Å². The molecule has 1 unspecified atom stereocenters. The van der Waals surface area contributed by atoms with Gasteiger partial charge in [0, 0.05) is 31.2 Å². The molecule has 0 amide bonds. The van der Waals surface area contributed by atoms with Crippen molar-refractivity contribution < 1.29 is 9.47 Å². The first-order valence-corrected chi connectivity index (χ1v) is 12.3. The molecule has 1 aromatic carbocycles. The number of nitrogens with zero attached hydrogens (tertiary/aromatic N) is 3. The summed E-state index contributed by atoms with van der Waals surface area (Å²) in [6.07, 6.45) is 4.35. The van der Waals surface area contributed by atoms with Gasteiger partial charge in [0.15, 0.2) is 0 Å². The maximum absolute atomic E-state index is 5.78. The van der Waals surface area contributed by atoms with E-state index in [0.717, 1.165) is 66.7 Å². The van der Waals surface area contributed by atoms with Crippen LogP contribution in [0.3, 0.4) is 0 Å². The topological polar surface area (TPSA) is 39.0 Å². The van der Waals surface area contributed by atoms with Crippen molar-refractivity contribution >= 4 is 23.0 Å². The lowest BCUT2D eigenvalue weighted by atomic mass is 10.0. The average Bonchev–Trinajstić information content (AvgIpc) is 3.40. The van der Waals surface area contributed by atoms with E-state index in [0.29, 0.717) is 5.92 Å². The molecule has 0 spiro atoms. The normalized spacial score (nSPS) is 16.2. The van der Waals surface area contributed by atoms with Crippen LogP contribution in [0.15, 0.2) is 35.4 Å². The van der Waals surface area contributed by atoms with Gasteiger partial charge < -0.3 is 14.4 Å². The molecular weight excluding hydrogens is 406 g/mol. The van der Waals surface area contributed by atoms with E-state index in [1.807, 2.05) is 0 Å². The van der Waals surface area contributed by atoms with E-state index in [1.165, 1.54) is 16.8 Å². The van der Waals surface area contributed by atoms with Gasteiger partial charge in [0.1, 0.15) is 10.8 Å². The predicted molar refractivity (Wildman–Crippen MR) is 130 cm³/mol. The number of fused-ring (bicyclic) bond motifs is 1. The number of thioether (sulfide) groups is 1. The second kappa shape index (κ2) is 9.53. The third-order valence-corrected chi connectivity index (χ3v) is 6.69. The van der Waals surface area contributed by atoms with Gasteiger partial charge in [0.2, 0.25) is 0 Å². The Kier molecular flexibility index (Phi) is 6.77. The van der Waals surface area contributed by atoms with Gasteiger partial charge in [0.25, 0.3) is 0 Å². The minimum atomic E-state index is 0.582. The molecule has 0 N–H and O–H groups in total. The Labute approximate surface area is 189 Å². The second-order valence-electron chi connectivity index (χ2n) is 8.40. The summed E-state index contributed by atoms with van der Waals surface area (Å²) in [5.41, 5.74) is 6.95. The molecule has 2 aromatic heterocycles. The molecule has 166 valence electrons. The van der Waals surface area contributed by atoms with Crippen LogP contribution in [0.25, 0.3) is 16.8 Å². The lowest BCUT2D eigenvalue weighted by Crippen LogP contribution is -2.30. The van der Waals surface area contributed by atoms with Gasteiger partial charge in [-0.2, -0.15) is 5.10 Å². The number of ether oxygens (including phenoxy) is 2. The van der Waals surface area contributed by atoms with E-state index in [2.05, 4.69) is 66.8 Å². The van der Waals surface area contributed by atoms with Gasteiger partial charge in [-0.05, 0) is 62.3 Å². The summed E-state index contributed by atoms with van der Waals surface area (Å²) in [5, 5.41) is 6.15. The average molecular weight is 440 g/mol. The number of hydrogen-bond acceptors (Lipinski definition) is 5. The third kappa shape index (κ3) is 4.28. The van der Waals surface area contributed by atoms with Gasteiger partial charge in [-0.15, -0.1) is 11.8 Å². The fourth-order valence-corrected chi connectivity index (χ4v) is 5.27. The molecule has 0 saturated carbocycles. The van der Waals surface area contributed by atoms with Crippen LogP contribution < -0.4 is 9.64 Å². The van der Waals surface area contributed by atoms with Crippen LogP contribution in [0.4, 0.5) is 5.69 Å². The van der Waals surface area contributed by atoms with Crippen molar-refractivity contribution in [2.24, 2.45) is 5.92 Å². The first-order chi connectivity index (χ1) is 15.1. The Balaban J connectivity index is 1.88. The second-order valence-corrected chi connectivity index (χ2v) is 9.20. The predicted octanol–water partition coefficient (Wildman–Crippen LogP) is 5.60. The lowest BCUT2D eigenvalue weighted by Gasteiger charge is -2.27. The van der Waals surface area contributed by atoms with Crippen LogP contribution in [-0.4, -0.2) is 49.3 Å². The summed E-state index contributed by atoms with van der Waals surface area (Å²) >= 11 is 1.72. The standard InChI is InChI=1S/C25H33N3O2S/c1-6-11-27(15-19-10-12-30-16-19)24-21-9-7-8-20(28(21)26-25(24)31-5)23-18(3)13-17(2)14-22(23)29-4/h7-9,13-14,19H,6,10-12,15-16H2,1-5H3. The molecule has 31 heavy (non-hydrogen) atoms. The molecule has 1 aliphatic heterocycles. The van der Waals surface area contributed by atoms with Crippen molar-refractivity contribution in [1.29, 1.82) is 0 Å². The molecule has 4 rings (SSSR count). The highest BCUT2D eigenvalue weighted by Crippen LogP contribution is 2.39. The smallest absolute Gasteiger partial charge is 0.142 e. The van der Waals surface area contributed by atoms with E-state index < -0.39 is 0 Å². The Morgan fingerprint density at radius 2 is 2.13 bits per heavy atom. The van der Waals surface area contributed by atoms with Crippen LogP contribution in [0.2, 0.25) is 0 Å². The number of aryl methyl sites for hydroxylation is 2. The van der Waals surface area contributed by atoms with E-state index in [1.54, 1.807) is 18.9 Å². The summed E-state index contributed by atoms with van der Waals surface area (Å²) in [6, 6.07) is 10.8. The monoisotopic (exact) mass is 439 g/mol. The van der Waals surface area contributed by atoms with Crippen LogP contribution in [0, 0.1) is 19.8 Å². The van der Waals surface area contributed by atoms with Crippen molar-refractivity contribution in [2.45, 2.75) is 38.6 Å². The lowest BCUT2D eigenvalue weighted by molar-refractivity contribution is 0.186. The minimum Gasteiger partial charge on any atom is -0.496 e. The quantitative estimate of drug-likeness (QED) is 0.427. The highest BCUT2D eigenvalue weighted by Gasteiger charge is 2.25. The van der Waals surface area contributed by atoms with Crippen molar-refractivity contribution in [3.63, 3.8) is 0 Å². The van der Waals surface area contributed by atoms with Crippen LogP contribution in [0.1, 0.15) is 30.9 Å². The molecule has 0 bridgehead atoms. The molecular formula is C25H33N3O2S. The Morgan fingerprint density at radius 1 is 1.29 bits per heavy atom. The first-order valence-electron chi connectivity index (χ1n) is 11.1. The Hall–Kier alpha value is -2.18. The molecule has 0 aliphatic carbocycles. The molecule has 1 aliphatic rings. The number of pyridine rings is 1. The van der Waals surface area contributed by atoms with E-state index in [-0.39, 0.29) is 0 Å². The fraction of sp³-hybridized carbons (Fsp3) is 0.480. The van der Waals surface area contributed by atoms with E-state index >= 15 is 0 Å². The third-order valence-electron chi connectivity index (χ3n) is 6.03. The fourth-order valence-electron chi connectivity index (χ4n) is 4.68. The SMILES string of the molecule is CCCN(CC1CCOC1)c1c(SC)nn2c(-c3c(C)cc(C)cc3OC)cccc12. The van der Waals surface area contributed by atoms with Gasteiger partial charge in [-0.25, -0.2) is 4.52 Å². The molecule has 3 heterocycles. The number of aromatic nitrogens is 2. The highest BCUT2D eigenvalue weighted by atomic mass is 32.2. The number of hydrogen-bond donors (Lipinski definition) is 0. The number of benzene rings is 1. The zero-order valence-electron chi connectivity index (χ0n) is 19.3. The summed E-state index contributed by atoms with van der Waals surface area (Å²) in [7, 11) is 1.74. The molecule has 3 aromatic rings. The molecule has 6 heteroatoms. The molecule has 5 nitrogen and oxygen atoms in total. The van der Waals surface area contributed by atoms with Crippen molar-refractivity contribution in [3.8, 4) is 17.0 Å². The van der Waals surface area contributed by atoms with Gasteiger partial charge >= 0.3 is 0 Å². The Bertz CT molecular complexity index is 1060.